The van der Waals surface area contributed by atoms with Crippen LogP contribution in [0.3, 0.4) is 0 Å². The molecule has 1 aromatic rings. The minimum Gasteiger partial charge on any atom is -0.481 e. The molecule has 10 nitrogen and oxygen atoms in total. The van der Waals surface area contributed by atoms with E-state index in [0.29, 0.717) is 49.8 Å². The third kappa shape index (κ3) is 14.6. The molecule has 0 saturated carbocycles. The third-order valence-corrected chi connectivity index (χ3v) is 4.12. The molecule has 0 aliphatic carbocycles. The minimum absolute atomic E-state index is 0.0893. The summed E-state index contributed by atoms with van der Waals surface area (Å²) in [5, 5.41) is 20.0. The highest BCUT2D eigenvalue weighted by Crippen LogP contribution is 2.02. The van der Waals surface area contributed by atoms with Gasteiger partial charge in [-0.2, -0.15) is 0 Å². The number of aromatic nitrogens is 1. The molecule has 1 heterocycles. The van der Waals surface area contributed by atoms with E-state index in [1.54, 1.807) is 19.1 Å². The van der Waals surface area contributed by atoms with E-state index in [2.05, 4.69) is 20.5 Å². The number of rotatable bonds is 18. The molecule has 0 aromatic carbocycles. The molecule has 1 aromatic heterocycles. The number of carboxylic acids is 1. The van der Waals surface area contributed by atoms with Gasteiger partial charge >= 0.3 is 5.97 Å². The van der Waals surface area contributed by atoms with E-state index in [4.69, 9.17) is 19.6 Å². The lowest BCUT2D eigenvalue weighted by atomic mass is 10.2. The zero-order valence-electron chi connectivity index (χ0n) is 18.7. The van der Waals surface area contributed by atoms with E-state index in [-0.39, 0.29) is 12.2 Å². The molecule has 32 heavy (non-hydrogen) atoms. The standard InChI is InChI=1S/C22H32N4O6/c1-18(19(2)27)26-32-15-7-4-3-6-13-30-23-16-20-10-9-11-21(25-20)17-24-31-14-8-5-12-22(28)29/h9-11,16-17H,3-8,12-15H2,1-2H3,(H,28,29). The number of pyridine rings is 1. The first kappa shape index (κ1) is 26.7. The van der Waals surface area contributed by atoms with Crippen LogP contribution in [-0.2, 0) is 24.1 Å². The van der Waals surface area contributed by atoms with Gasteiger partial charge in [0, 0.05) is 13.3 Å². The fourth-order valence-corrected chi connectivity index (χ4v) is 2.24. The maximum atomic E-state index is 11.0. The van der Waals surface area contributed by atoms with Crippen molar-refractivity contribution < 1.29 is 29.2 Å². The van der Waals surface area contributed by atoms with Crippen molar-refractivity contribution in [2.24, 2.45) is 15.5 Å². The number of unbranched alkanes of at least 4 members (excludes halogenated alkanes) is 4. The van der Waals surface area contributed by atoms with Crippen LogP contribution < -0.4 is 0 Å². The Labute approximate surface area is 188 Å². The van der Waals surface area contributed by atoms with E-state index in [1.807, 2.05) is 6.07 Å². The van der Waals surface area contributed by atoms with Crippen LogP contribution in [0.15, 0.2) is 33.7 Å². The van der Waals surface area contributed by atoms with Crippen molar-refractivity contribution >= 4 is 29.9 Å². The Kier molecular flexibility index (Phi) is 14.5. The van der Waals surface area contributed by atoms with Gasteiger partial charge in [0.05, 0.1) is 23.8 Å². The summed E-state index contributed by atoms with van der Waals surface area (Å²) < 4.78 is 0. The van der Waals surface area contributed by atoms with Gasteiger partial charge in [-0.25, -0.2) is 4.98 Å². The maximum Gasteiger partial charge on any atom is 0.303 e. The summed E-state index contributed by atoms with van der Waals surface area (Å²) in [6, 6.07) is 5.41. The van der Waals surface area contributed by atoms with Crippen molar-refractivity contribution in [1.82, 2.24) is 4.98 Å². The topological polar surface area (TPSA) is 132 Å². The lowest BCUT2D eigenvalue weighted by Crippen LogP contribution is -2.05. The van der Waals surface area contributed by atoms with Gasteiger partial charge in [0.1, 0.15) is 25.5 Å². The van der Waals surface area contributed by atoms with Crippen molar-refractivity contribution in [2.45, 2.75) is 58.8 Å². The average molecular weight is 449 g/mol. The van der Waals surface area contributed by atoms with Crippen LogP contribution in [0.5, 0.6) is 0 Å². The number of carbonyl (C=O) groups is 2. The van der Waals surface area contributed by atoms with Crippen LogP contribution in [0.25, 0.3) is 0 Å². The Morgan fingerprint density at radius 1 is 0.875 bits per heavy atom. The van der Waals surface area contributed by atoms with Crippen molar-refractivity contribution in [3.8, 4) is 0 Å². The zero-order valence-corrected chi connectivity index (χ0v) is 18.7. The Morgan fingerprint density at radius 2 is 1.41 bits per heavy atom. The van der Waals surface area contributed by atoms with Gasteiger partial charge in [0.2, 0.25) is 0 Å². The Balaban J connectivity index is 2.12. The van der Waals surface area contributed by atoms with Crippen molar-refractivity contribution in [3.05, 3.63) is 29.6 Å². The first-order chi connectivity index (χ1) is 15.5. The second-order valence-corrected chi connectivity index (χ2v) is 6.95. The van der Waals surface area contributed by atoms with Gasteiger partial charge in [-0.3, -0.25) is 9.59 Å². The molecule has 0 spiro atoms. The van der Waals surface area contributed by atoms with Crippen molar-refractivity contribution in [1.29, 1.82) is 0 Å². The normalized spacial score (nSPS) is 11.8. The molecule has 0 aliphatic rings. The molecule has 0 radical (unpaired) electrons. The summed E-state index contributed by atoms with van der Waals surface area (Å²) in [6.07, 6.45) is 8.04. The second kappa shape index (κ2) is 17.4. The van der Waals surface area contributed by atoms with Crippen LogP contribution >= 0.6 is 0 Å². The Morgan fingerprint density at radius 3 is 1.94 bits per heavy atom. The van der Waals surface area contributed by atoms with Crippen LogP contribution in [0, 0.1) is 0 Å². The highest BCUT2D eigenvalue weighted by molar-refractivity contribution is 6.37. The molecule has 176 valence electrons. The summed E-state index contributed by atoms with van der Waals surface area (Å²) in [4.78, 5) is 41.2. The summed E-state index contributed by atoms with van der Waals surface area (Å²) in [5.74, 6) is -0.900. The molecule has 1 rings (SSSR count). The highest BCUT2D eigenvalue weighted by atomic mass is 16.6. The lowest BCUT2D eigenvalue weighted by molar-refractivity contribution is -0.137. The molecule has 0 fully saturated rings. The van der Waals surface area contributed by atoms with Crippen LogP contribution in [0.1, 0.15) is 70.2 Å². The SMILES string of the molecule is CC(=O)C(C)=NOCCCCCCON=Cc1cccc(C=NOCCCCC(=O)O)n1. The summed E-state index contributed by atoms with van der Waals surface area (Å²) in [6.45, 7) is 4.45. The monoisotopic (exact) mass is 448 g/mol. The summed E-state index contributed by atoms with van der Waals surface area (Å²) in [7, 11) is 0. The van der Waals surface area contributed by atoms with E-state index in [1.165, 1.54) is 19.4 Å². The van der Waals surface area contributed by atoms with E-state index >= 15 is 0 Å². The largest absolute Gasteiger partial charge is 0.481 e. The molecular formula is C22H32N4O6. The van der Waals surface area contributed by atoms with Crippen LogP contribution in [0.4, 0.5) is 0 Å². The third-order valence-electron chi connectivity index (χ3n) is 4.12. The number of hydrogen-bond donors (Lipinski definition) is 1. The Bertz CT molecular complexity index is 779. The zero-order chi connectivity index (χ0) is 23.4. The number of carboxylic acid groups (broad SMARTS) is 1. The molecule has 0 atom stereocenters. The predicted molar refractivity (Wildman–Crippen MR) is 121 cm³/mol. The predicted octanol–water partition coefficient (Wildman–Crippen LogP) is 3.58. The smallest absolute Gasteiger partial charge is 0.303 e. The molecule has 0 amide bonds. The molecule has 10 heteroatoms. The molecule has 1 N–H and O–H groups in total. The number of oxime groups is 3. The van der Waals surface area contributed by atoms with Crippen molar-refractivity contribution in [2.75, 3.05) is 19.8 Å². The van der Waals surface area contributed by atoms with Gasteiger partial charge in [-0.1, -0.05) is 21.5 Å². The maximum absolute atomic E-state index is 11.0. The van der Waals surface area contributed by atoms with Gasteiger partial charge in [-0.05, 0) is 57.6 Å². The average Bonchev–Trinajstić information content (AvgIpc) is 2.76. The number of ketones is 1. The fourth-order valence-electron chi connectivity index (χ4n) is 2.24. The molecule has 0 bridgehead atoms. The quantitative estimate of drug-likeness (QED) is 0.206. The minimum atomic E-state index is -0.811. The number of Topliss-reactive ketones (excluding diaryl/α,β-unsaturated/α-hetero) is 1. The van der Waals surface area contributed by atoms with Crippen LogP contribution in [0.2, 0.25) is 0 Å². The molecule has 0 unspecified atom stereocenters. The van der Waals surface area contributed by atoms with E-state index < -0.39 is 5.97 Å². The second-order valence-electron chi connectivity index (χ2n) is 6.95. The molecular weight excluding hydrogens is 416 g/mol. The highest BCUT2D eigenvalue weighted by Gasteiger charge is 1.98. The lowest BCUT2D eigenvalue weighted by Gasteiger charge is -2.01. The Hall–Kier alpha value is -3.30. The number of carbonyl (C=O) groups excluding carboxylic acids is 1. The first-order valence-corrected chi connectivity index (χ1v) is 10.7. The van der Waals surface area contributed by atoms with Gasteiger partial charge < -0.3 is 19.6 Å². The van der Waals surface area contributed by atoms with Gasteiger partial charge in [0.15, 0.2) is 5.78 Å². The number of nitrogens with zero attached hydrogens (tertiary/aromatic N) is 4. The first-order valence-electron chi connectivity index (χ1n) is 10.7. The van der Waals surface area contributed by atoms with Gasteiger partial charge in [0.25, 0.3) is 0 Å². The van der Waals surface area contributed by atoms with Crippen molar-refractivity contribution in [3.63, 3.8) is 0 Å². The van der Waals surface area contributed by atoms with Crippen LogP contribution in [-0.4, -0.2) is 59.8 Å². The molecule has 0 aliphatic heterocycles. The summed E-state index contributed by atoms with van der Waals surface area (Å²) >= 11 is 0. The summed E-state index contributed by atoms with van der Waals surface area (Å²) in [5.41, 5.74) is 1.63. The fraction of sp³-hybridized carbons (Fsp3) is 0.545. The number of aliphatic carboxylic acids is 1. The van der Waals surface area contributed by atoms with E-state index in [9.17, 15) is 9.59 Å². The van der Waals surface area contributed by atoms with E-state index in [0.717, 1.165) is 25.7 Å². The number of hydrogen-bond acceptors (Lipinski definition) is 9. The van der Waals surface area contributed by atoms with Gasteiger partial charge in [-0.15, -0.1) is 0 Å². The molecule has 0 saturated heterocycles.